The molecule has 0 unspecified atom stereocenters. The molecule has 0 bridgehead atoms. The van der Waals surface area contributed by atoms with Gasteiger partial charge in [0.05, 0.1) is 18.2 Å². The molecule has 1 saturated heterocycles. The van der Waals surface area contributed by atoms with E-state index in [0.29, 0.717) is 17.3 Å². The molecule has 124 valence electrons. The highest BCUT2D eigenvalue weighted by Crippen LogP contribution is 2.24. The normalized spacial score (nSPS) is 17.5. The largest absolute Gasteiger partial charge is 0.305 e. The van der Waals surface area contributed by atoms with Gasteiger partial charge < -0.3 is 5.32 Å². The van der Waals surface area contributed by atoms with Crippen LogP contribution in [0.1, 0.15) is 18.4 Å². The van der Waals surface area contributed by atoms with Gasteiger partial charge in [-0.2, -0.15) is 0 Å². The van der Waals surface area contributed by atoms with Crippen molar-refractivity contribution < 1.29 is 9.59 Å². The molecule has 1 aliphatic heterocycles. The first-order chi connectivity index (χ1) is 11.6. The lowest BCUT2D eigenvalue weighted by Gasteiger charge is -2.15. The van der Waals surface area contributed by atoms with E-state index >= 15 is 0 Å². The number of imide groups is 1. The minimum Gasteiger partial charge on any atom is -0.305 e. The third kappa shape index (κ3) is 3.83. The molecule has 5 heteroatoms. The molecule has 0 radical (unpaired) electrons. The van der Waals surface area contributed by atoms with Crippen LogP contribution in [-0.4, -0.2) is 24.4 Å². The van der Waals surface area contributed by atoms with Crippen molar-refractivity contribution in [3.05, 3.63) is 65.2 Å². The van der Waals surface area contributed by atoms with E-state index < -0.39 is 6.04 Å². The number of carbonyl (C=O) groups excluding carboxylic acids is 2. The van der Waals surface area contributed by atoms with Crippen molar-refractivity contribution in [3.63, 3.8) is 0 Å². The molecule has 2 amide bonds. The molecule has 2 aromatic carbocycles. The van der Waals surface area contributed by atoms with Crippen molar-refractivity contribution in [2.45, 2.75) is 25.3 Å². The predicted molar refractivity (Wildman–Crippen MR) is 95.1 cm³/mol. The van der Waals surface area contributed by atoms with Gasteiger partial charge >= 0.3 is 0 Å². The molecule has 1 atom stereocenters. The Morgan fingerprint density at radius 2 is 1.75 bits per heavy atom. The fraction of sp³-hybridized carbons (Fsp3) is 0.263. The van der Waals surface area contributed by atoms with Gasteiger partial charge in [-0.3, -0.25) is 9.59 Å². The van der Waals surface area contributed by atoms with E-state index in [4.69, 9.17) is 11.6 Å². The van der Waals surface area contributed by atoms with Gasteiger partial charge in [0.15, 0.2) is 0 Å². The number of benzene rings is 2. The molecule has 0 aromatic heterocycles. The summed E-state index contributed by atoms with van der Waals surface area (Å²) in [6.07, 6.45) is 2.07. The van der Waals surface area contributed by atoms with Crippen LogP contribution in [0.25, 0.3) is 0 Å². The number of rotatable bonds is 6. The topological polar surface area (TPSA) is 49.4 Å². The Kier molecular flexibility index (Phi) is 5.28. The van der Waals surface area contributed by atoms with Crippen LogP contribution in [0.2, 0.25) is 5.02 Å². The van der Waals surface area contributed by atoms with Crippen molar-refractivity contribution in [2.75, 3.05) is 11.4 Å². The number of halogens is 1. The average Bonchev–Trinajstić information content (AvgIpc) is 2.88. The summed E-state index contributed by atoms with van der Waals surface area (Å²) < 4.78 is 0. The first-order valence-corrected chi connectivity index (χ1v) is 8.42. The monoisotopic (exact) mass is 342 g/mol. The zero-order valence-electron chi connectivity index (χ0n) is 13.2. The van der Waals surface area contributed by atoms with Gasteiger partial charge in [-0.05, 0) is 49.2 Å². The number of hydrogen-bond acceptors (Lipinski definition) is 3. The standard InChI is InChI=1S/C19H19ClN2O2/c20-15-8-10-16(11-9-15)22-18(23)13-17(19(22)24)21-12-4-7-14-5-2-1-3-6-14/h1-3,5-6,8-11,17,21H,4,7,12-13H2/t17-/m1/s1. The van der Waals surface area contributed by atoms with E-state index in [0.717, 1.165) is 12.8 Å². The third-order valence-electron chi connectivity index (χ3n) is 4.11. The molecular weight excluding hydrogens is 324 g/mol. The molecule has 1 fully saturated rings. The van der Waals surface area contributed by atoms with E-state index in [1.54, 1.807) is 24.3 Å². The highest BCUT2D eigenvalue weighted by molar-refractivity contribution is 6.30. The van der Waals surface area contributed by atoms with Crippen molar-refractivity contribution in [1.82, 2.24) is 5.32 Å². The molecule has 1 heterocycles. The molecule has 0 aliphatic carbocycles. The van der Waals surface area contributed by atoms with E-state index in [2.05, 4.69) is 17.4 Å². The first kappa shape index (κ1) is 16.7. The Labute approximate surface area is 146 Å². The van der Waals surface area contributed by atoms with Gasteiger partial charge in [0.2, 0.25) is 5.91 Å². The Hall–Kier alpha value is -2.17. The Morgan fingerprint density at radius 3 is 2.46 bits per heavy atom. The number of aryl methyl sites for hydroxylation is 1. The molecular formula is C19H19ClN2O2. The maximum atomic E-state index is 12.5. The summed E-state index contributed by atoms with van der Waals surface area (Å²) in [4.78, 5) is 25.9. The van der Waals surface area contributed by atoms with Gasteiger partial charge in [-0.15, -0.1) is 0 Å². The maximum absolute atomic E-state index is 12.5. The molecule has 4 nitrogen and oxygen atoms in total. The highest BCUT2D eigenvalue weighted by Gasteiger charge is 2.38. The zero-order chi connectivity index (χ0) is 16.9. The molecule has 1 N–H and O–H groups in total. The fourth-order valence-electron chi connectivity index (χ4n) is 2.87. The van der Waals surface area contributed by atoms with Crippen molar-refractivity contribution >= 4 is 29.1 Å². The predicted octanol–water partition coefficient (Wildman–Crippen LogP) is 3.19. The van der Waals surface area contributed by atoms with Crippen LogP contribution in [-0.2, 0) is 16.0 Å². The van der Waals surface area contributed by atoms with E-state index in [1.165, 1.54) is 10.5 Å². The van der Waals surface area contributed by atoms with Crippen molar-refractivity contribution in [2.24, 2.45) is 0 Å². The smallest absolute Gasteiger partial charge is 0.251 e. The second-order valence-electron chi connectivity index (χ2n) is 5.84. The van der Waals surface area contributed by atoms with Crippen LogP contribution >= 0.6 is 11.6 Å². The quantitative estimate of drug-likeness (QED) is 0.648. The van der Waals surface area contributed by atoms with E-state index in [1.807, 2.05) is 18.2 Å². The van der Waals surface area contributed by atoms with Gasteiger partial charge in [-0.25, -0.2) is 4.90 Å². The fourth-order valence-corrected chi connectivity index (χ4v) is 2.99. The van der Waals surface area contributed by atoms with Crippen LogP contribution in [0.15, 0.2) is 54.6 Å². The number of amides is 2. The van der Waals surface area contributed by atoms with Crippen molar-refractivity contribution in [3.8, 4) is 0 Å². The maximum Gasteiger partial charge on any atom is 0.251 e. The van der Waals surface area contributed by atoms with Crippen LogP contribution < -0.4 is 10.2 Å². The second kappa shape index (κ2) is 7.60. The second-order valence-corrected chi connectivity index (χ2v) is 6.28. The minimum absolute atomic E-state index is 0.178. The average molecular weight is 343 g/mol. The summed E-state index contributed by atoms with van der Waals surface area (Å²) in [6, 6.07) is 16.5. The molecule has 3 rings (SSSR count). The summed E-state index contributed by atoms with van der Waals surface area (Å²) in [7, 11) is 0. The van der Waals surface area contributed by atoms with Gasteiger partial charge in [0.25, 0.3) is 5.91 Å². The molecule has 0 saturated carbocycles. The number of hydrogen-bond donors (Lipinski definition) is 1. The number of nitrogens with zero attached hydrogens (tertiary/aromatic N) is 1. The van der Waals surface area contributed by atoms with Crippen LogP contribution in [0.5, 0.6) is 0 Å². The van der Waals surface area contributed by atoms with E-state index in [-0.39, 0.29) is 18.2 Å². The molecule has 24 heavy (non-hydrogen) atoms. The van der Waals surface area contributed by atoms with Crippen LogP contribution in [0, 0.1) is 0 Å². The Morgan fingerprint density at radius 1 is 1.04 bits per heavy atom. The molecule has 1 aliphatic rings. The van der Waals surface area contributed by atoms with Gasteiger partial charge in [0.1, 0.15) is 0 Å². The molecule has 2 aromatic rings. The summed E-state index contributed by atoms with van der Waals surface area (Å²) >= 11 is 5.85. The lowest BCUT2D eigenvalue weighted by molar-refractivity contribution is -0.121. The zero-order valence-corrected chi connectivity index (χ0v) is 14.0. The van der Waals surface area contributed by atoms with Crippen LogP contribution in [0.4, 0.5) is 5.69 Å². The summed E-state index contributed by atoms with van der Waals surface area (Å²) in [5.41, 5.74) is 1.85. The van der Waals surface area contributed by atoms with Crippen molar-refractivity contribution in [1.29, 1.82) is 0 Å². The lowest BCUT2D eigenvalue weighted by atomic mass is 10.1. The summed E-state index contributed by atoms with van der Waals surface area (Å²) in [5, 5.41) is 3.78. The number of anilines is 1. The lowest BCUT2D eigenvalue weighted by Crippen LogP contribution is -2.39. The molecule has 0 spiro atoms. The third-order valence-corrected chi connectivity index (χ3v) is 4.36. The summed E-state index contributed by atoms with van der Waals surface area (Å²) in [5.74, 6) is -0.370. The SMILES string of the molecule is O=C1C[C@@H](NCCCc2ccccc2)C(=O)N1c1ccc(Cl)cc1. The van der Waals surface area contributed by atoms with Gasteiger partial charge in [-0.1, -0.05) is 41.9 Å². The number of carbonyl (C=O) groups is 2. The van der Waals surface area contributed by atoms with E-state index in [9.17, 15) is 9.59 Å². The summed E-state index contributed by atoms with van der Waals surface area (Å²) in [6.45, 7) is 0.701. The van der Waals surface area contributed by atoms with Crippen LogP contribution in [0.3, 0.4) is 0 Å². The minimum atomic E-state index is -0.441. The Bertz CT molecular complexity index is 716. The van der Waals surface area contributed by atoms with Gasteiger partial charge in [0, 0.05) is 5.02 Å². The Balaban J connectivity index is 1.53. The number of nitrogens with one attached hydrogen (secondary N) is 1. The first-order valence-electron chi connectivity index (χ1n) is 8.05. The highest BCUT2D eigenvalue weighted by atomic mass is 35.5.